The molecule has 20 heavy (non-hydrogen) atoms. The van der Waals surface area contributed by atoms with E-state index in [1.165, 1.54) is 57.8 Å². The number of carbonyl (C=O) groups excluding carboxylic acids is 1. The summed E-state index contributed by atoms with van der Waals surface area (Å²) in [6.45, 7) is 0.360. The van der Waals surface area contributed by atoms with Crippen LogP contribution in [0.2, 0.25) is 0 Å². The Hall–Kier alpha value is 0.590. The summed E-state index contributed by atoms with van der Waals surface area (Å²) in [5.74, 6) is 0. The minimum absolute atomic E-state index is 0.360. The standard InChI is InChI=1S/C8H17BrO.C8H15BrO/c2*9-7-5-3-1-2-4-6-8-10/h10H,1-8H2;8H,1-7H2. The Kier molecular flexibility index (Phi) is 28.1. The second kappa shape index (κ2) is 24.6. The molecule has 0 aliphatic carbocycles. The van der Waals surface area contributed by atoms with E-state index in [4.69, 9.17) is 5.11 Å². The molecule has 122 valence electrons. The number of carbonyl (C=O) groups is 1. The molecule has 4 heteroatoms. The zero-order valence-electron chi connectivity index (χ0n) is 12.8. The van der Waals surface area contributed by atoms with Gasteiger partial charge in [0, 0.05) is 23.7 Å². The summed E-state index contributed by atoms with van der Waals surface area (Å²) in [7, 11) is 0. The van der Waals surface area contributed by atoms with Crippen molar-refractivity contribution in [3.63, 3.8) is 0 Å². The molecule has 0 bridgehead atoms. The lowest BCUT2D eigenvalue weighted by molar-refractivity contribution is -0.107. The molecule has 0 aliphatic rings. The third-order valence-electron chi connectivity index (χ3n) is 3.00. The van der Waals surface area contributed by atoms with E-state index in [1.807, 2.05) is 0 Å². The van der Waals surface area contributed by atoms with Gasteiger partial charge in [-0.2, -0.15) is 0 Å². The van der Waals surface area contributed by atoms with Gasteiger partial charge in [0.2, 0.25) is 0 Å². The number of rotatable bonds is 14. The second-order valence-electron chi connectivity index (χ2n) is 4.95. The molecule has 0 saturated carbocycles. The van der Waals surface area contributed by atoms with Crippen LogP contribution in [-0.2, 0) is 4.79 Å². The summed E-state index contributed by atoms with van der Waals surface area (Å²) in [6.07, 6.45) is 15.3. The molecule has 0 fully saturated rings. The summed E-state index contributed by atoms with van der Waals surface area (Å²) in [4.78, 5) is 9.89. The van der Waals surface area contributed by atoms with Crippen LogP contribution in [0.3, 0.4) is 0 Å². The van der Waals surface area contributed by atoms with Crippen molar-refractivity contribution >= 4 is 38.1 Å². The van der Waals surface area contributed by atoms with Gasteiger partial charge in [0.05, 0.1) is 0 Å². The summed E-state index contributed by atoms with van der Waals surface area (Å²) in [6, 6.07) is 0. The predicted molar refractivity (Wildman–Crippen MR) is 96.1 cm³/mol. The van der Waals surface area contributed by atoms with Gasteiger partial charge >= 0.3 is 0 Å². The fourth-order valence-electron chi connectivity index (χ4n) is 1.77. The maximum Gasteiger partial charge on any atom is 0.119 e. The molecular weight excluding hydrogens is 384 g/mol. The van der Waals surface area contributed by atoms with Crippen LogP contribution < -0.4 is 0 Å². The Morgan fingerprint density at radius 2 is 1.05 bits per heavy atom. The van der Waals surface area contributed by atoms with E-state index in [-0.39, 0.29) is 0 Å². The van der Waals surface area contributed by atoms with Crippen LogP contribution in [0.1, 0.15) is 77.0 Å². The summed E-state index contributed by atoms with van der Waals surface area (Å²) >= 11 is 6.77. The van der Waals surface area contributed by atoms with Crippen molar-refractivity contribution in [2.45, 2.75) is 77.0 Å². The quantitative estimate of drug-likeness (QED) is 0.226. The number of alkyl halides is 2. The largest absolute Gasteiger partial charge is 0.396 e. The molecule has 0 aromatic heterocycles. The lowest BCUT2D eigenvalue weighted by Gasteiger charge is -1.97. The molecule has 0 saturated heterocycles. The molecule has 0 aliphatic heterocycles. The van der Waals surface area contributed by atoms with E-state index >= 15 is 0 Å². The molecule has 0 aromatic rings. The van der Waals surface area contributed by atoms with Crippen molar-refractivity contribution in [1.29, 1.82) is 0 Å². The average Bonchev–Trinajstić information content (AvgIpc) is 2.47. The highest BCUT2D eigenvalue weighted by molar-refractivity contribution is 9.09. The summed E-state index contributed by atoms with van der Waals surface area (Å²) in [5.41, 5.74) is 0. The molecule has 0 heterocycles. The Morgan fingerprint density at radius 3 is 1.45 bits per heavy atom. The molecular formula is C16H32Br2O2. The molecule has 0 amide bonds. The zero-order chi connectivity index (χ0) is 15.3. The van der Waals surface area contributed by atoms with Gasteiger partial charge in [-0.1, -0.05) is 76.8 Å². The lowest BCUT2D eigenvalue weighted by Crippen LogP contribution is -1.83. The lowest BCUT2D eigenvalue weighted by atomic mass is 10.1. The van der Waals surface area contributed by atoms with Gasteiger partial charge in [-0.3, -0.25) is 0 Å². The van der Waals surface area contributed by atoms with Gasteiger partial charge < -0.3 is 9.90 Å². The minimum Gasteiger partial charge on any atom is -0.396 e. The van der Waals surface area contributed by atoms with Crippen LogP contribution in [0.4, 0.5) is 0 Å². The average molecular weight is 416 g/mol. The van der Waals surface area contributed by atoms with Crippen molar-refractivity contribution in [3.05, 3.63) is 0 Å². The Morgan fingerprint density at radius 1 is 0.650 bits per heavy atom. The van der Waals surface area contributed by atoms with E-state index in [0.717, 1.165) is 36.2 Å². The number of hydrogen-bond donors (Lipinski definition) is 1. The number of aliphatic hydroxyl groups excluding tert-OH is 1. The van der Waals surface area contributed by atoms with Crippen LogP contribution in [0.15, 0.2) is 0 Å². The van der Waals surface area contributed by atoms with Crippen LogP contribution in [0.25, 0.3) is 0 Å². The zero-order valence-corrected chi connectivity index (χ0v) is 16.0. The number of halogens is 2. The SMILES string of the molecule is O=CCCCCCCCBr.OCCCCCCCCBr. The monoisotopic (exact) mass is 414 g/mol. The Balaban J connectivity index is 0. The first-order valence-corrected chi connectivity index (χ1v) is 10.2. The predicted octanol–water partition coefficient (Wildman–Crippen LogP) is 5.64. The topological polar surface area (TPSA) is 37.3 Å². The van der Waals surface area contributed by atoms with Gasteiger partial charge in [0.15, 0.2) is 0 Å². The normalized spacial score (nSPS) is 9.95. The first-order valence-electron chi connectivity index (χ1n) is 7.99. The van der Waals surface area contributed by atoms with Crippen LogP contribution in [0.5, 0.6) is 0 Å². The summed E-state index contributed by atoms with van der Waals surface area (Å²) in [5, 5.41) is 10.7. The van der Waals surface area contributed by atoms with Crippen molar-refractivity contribution in [2.24, 2.45) is 0 Å². The van der Waals surface area contributed by atoms with Gasteiger partial charge in [-0.25, -0.2) is 0 Å². The second-order valence-corrected chi connectivity index (χ2v) is 6.53. The smallest absolute Gasteiger partial charge is 0.119 e. The highest BCUT2D eigenvalue weighted by atomic mass is 79.9. The first-order chi connectivity index (χ1) is 9.83. The fraction of sp³-hybridized carbons (Fsp3) is 0.938. The van der Waals surface area contributed by atoms with Crippen molar-refractivity contribution in [1.82, 2.24) is 0 Å². The number of aliphatic hydroxyl groups is 1. The molecule has 0 unspecified atom stereocenters. The molecule has 0 rings (SSSR count). The van der Waals surface area contributed by atoms with E-state index < -0.39 is 0 Å². The third-order valence-corrected chi connectivity index (χ3v) is 4.12. The van der Waals surface area contributed by atoms with E-state index in [2.05, 4.69) is 31.9 Å². The van der Waals surface area contributed by atoms with Gasteiger partial charge in [0.1, 0.15) is 6.29 Å². The molecule has 0 radical (unpaired) electrons. The molecule has 1 N–H and O–H groups in total. The molecule has 0 atom stereocenters. The highest BCUT2D eigenvalue weighted by Gasteiger charge is 1.89. The number of hydrogen-bond acceptors (Lipinski definition) is 2. The number of unbranched alkanes of at least 4 members (excludes halogenated alkanes) is 10. The maximum atomic E-state index is 9.89. The van der Waals surface area contributed by atoms with Crippen LogP contribution in [0, 0.1) is 0 Å². The third kappa shape index (κ3) is 27.0. The molecule has 0 aromatic carbocycles. The van der Waals surface area contributed by atoms with Gasteiger partial charge in [-0.05, 0) is 25.7 Å². The van der Waals surface area contributed by atoms with Gasteiger partial charge in [-0.15, -0.1) is 0 Å². The Bertz CT molecular complexity index is 159. The van der Waals surface area contributed by atoms with Crippen molar-refractivity contribution in [3.8, 4) is 0 Å². The van der Waals surface area contributed by atoms with Gasteiger partial charge in [0.25, 0.3) is 0 Å². The van der Waals surface area contributed by atoms with E-state index in [0.29, 0.717) is 6.61 Å². The highest BCUT2D eigenvalue weighted by Crippen LogP contribution is 2.06. The van der Waals surface area contributed by atoms with E-state index in [9.17, 15) is 4.79 Å². The minimum atomic E-state index is 0.360. The number of aldehydes is 1. The van der Waals surface area contributed by atoms with Crippen LogP contribution in [-0.4, -0.2) is 28.7 Å². The Labute approximate surface area is 142 Å². The fourth-order valence-corrected chi connectivity index (χ4v) is 2.56. The summed E-state index contributed by atoms with van der Waals surface area (Å²) < 4.78 is 0. The first kappa shape index (κ1) is 22.9. The van der Waals surface area contributed by atoms with Crippen molar-refractivity contribution in [2.75, 3.05) is 17.3 Å². The molecule has 0 spiro atoms. The van der Waals surface area contributed by atoms with Crippen LogP contribution >= 0.6 is 31.9 Å². The van der Waals surface area contributed by atoms with E-state index in [1.54, 1.807) is 0 Å². The maximum absolute atomic E-state index is 9.89. The van der Waals surface area contributed by atoms with Crippen molar-refractivity contribution < 1.29 is 9.90 Å². The molecule has 2 nitrogen and oxygen atoms in total.